The molecule has 0 spiro atoms. The van der Waals surface area contributed by atoms with Crippen molar-refractivity contribution >= 4 is 40.1 Å². The fourth-order valence-corrected chi connectivity index (χ4v) is 4.32. The first kappa shape index (κ1) is 21.7. The summed E-state index contributed by atoms with van der Waals surface area (Å²) < 4.78 is 13.8. The third-order valence-electron chi connectivity index (χ3n) is 5.51. The second kappa shape index (κ2) is 9.02. The standard InChI is InChI=1S/C23H22IN5O4/c1-13-20(22(31)26-16-7-5-15(24)6-8-16)21(14-4-9-17-18(11-14)33-12-32-17)29-23(25-13)27-19(28-29)3-2-10-30/h4-9,11,21,30H,2-3,10,12H2,1H3,(H,26,31)(H,25,27,28). The van der Waals surface area contributed by atoms with Crippen molar-refractivity contribution in [1.82, 2.24) is 14.8 Å². The van der Waals surface area contributed by atoms with Gasteiger partial charge in [0.05, 0.1) is 5.57 Å². The minimum atomic E-state index is -0.519. The van der Waals surface area contributed by atoms with Crippen LogP contribution in [0.25, 0.3) is 0 Å². The second-order valence-corrected chi connectivity index (χ2v) is 9.01. The van der Waals surface area contributed by atoms with Gasteiger partial charge in [0.1, 0.15) is 6.04 Å². The third-order valence-corrected chi connectivity index (χ3v) is 6.23. The summed E-state index contributed by atoms with van der Waals surface area (Å²) in [6.07, 6.45) is 1.10. The molecule has 0 aliphatic carbocycles. The zero-order valence-corrected chi connectivity index (χ0v) is 20.0. The Hall–Kier alpha value is -3.12. The van der Waals surface area contributed by atoms with Crippen molar-refractivity contribution in [2.24, 2.45) is 0 Å². The number of ether oxygens (including phenoxy) is 2. The number of aliphatic hydroxyl groups is 1. The highest BCUT2D eigenvalue weighted by Crippen LogP contribution is 2.40. The molecule has 1 unspecified atom stereocenters. The average molecular weight is 559 g/mol. The summed E-state index contributed by atoms with van der Waals surface area (Å²) in [7, 11) is 0. The molecule has 0 saturated heterocycles. The first-order valence-corrected chi connectivity index (χ1v) is 11.6. The maximum absolute atomic E-state index is 13.5. The lowest BCUT2D eigenvalue weighted by Gasteiger charge is -2.28. The smallest absolute Gasteiger partial charge is 0.255 e. The number of carbonyl (C=O) groups excluding carboxylic acids is 1. The van der Waals surface area contributed by atoms with Gasteiger partial charge in [0.25, 0.3) is 5.91 Å². The lowest BCUT2D eigenvalue weighted by Crippen LogP contribution is -2.31. The van der Waals surface area contributed by atoms with Crippen molar-refractivity contribution in [2.75, 3.05) is 24.0 Å². The molecule has 0 radical (unpaired) electrons. The molecule has 3 heterocycles. The number of anilines is 2. The Labute approximate surface area is 204 Å². The molecule has 3 N–H and O–H groups in total. The lowest BCUT2D eigenvalue weighted by atomic mass is 9.94. The van der Waals surface area contributed by atoms with E-state index in [1.807, 2.05) is 49.4 Å². The summed E-state index contributed by atoms with van der Waals surface area (Å²) >= 11 is 2.23. The highest BCUT2D eigenvalue weighted by atomic mass is 127. The number of carbonyl (C=O) groups is 1. The molecule has 1 amide bonds. The summed E-state index contributed by atoms with van der Waals surface area (Å²) in [5, 5.41) is 20.1. The number of nitrogens with zero attached hydrogens (tertiary/aromatic N) is 3. The number of amides is 1. The van der Waals surface area contributed by atoms with Gasteiger partial charge >= 0.3 is 0 Å². The summed E-state index contributed by atoms with van der Waals surface area (Å²) in [5.74, 6) is 2.21. The predicted octanol–water partition coefficient (Wildman–Crippen LogP) is 3.46. The van der Waals surface area contributed by atoms with Crippen LogP contribution in [-0.4, -0.2) is 39.2 Å². The normalized spacial score (nSPS) is 16.4. The van der Waals surface area contributed by atoms with E-state index in [4.69, 9.17) is 9.47 Å². The molecule has 5 rings (SSSR count). The first-order valence-electron chi connectivity index (χ1n) is 10.5. The van der Waals surface area contributed by atoms with E-state index in [0.29, 0.717) is 53.1 Å². The summed E-state index contributed by atoms with van der Waals surface area (Å²) in [6.45, 7) is 2.08. The van der Waals surface area contributed by atoms with E-state index in [-0.39, 0.29) is 19.3 Å². The Bertz CT molecular complexity index is 1240. The van der Waals surface area contributed by atoms with Crippen LogP contribution in [-0.2, 0) is 11.2 Å². The molecule has 0 bridgehead atoms. The molecule has 0 saturated carbocycles. The van der Waals surface area contributed by atoms with Crippen molar-refractivity contribution in [2.45, 2.75) is 25.8 Å². The number of halogens is 1. The highest BCUT2D eigenvalue weighted by Gasteiger charge is 2.35. The monoisotopic (exact) mass is 559 g/mol. The van der Waals surface area contributed by atoms with Gasteiger partial charge in [0.2, 0.25) is 12.7 Å². The van der Waals surface area contributed by atoms with Crippen LogP contribution in [0.1, 0.15) is 30.8 Å². The number of aryl methyl sites for hydroxylation is 1. The van der Waals surface area contributed by atoms with Crippen molar-refractivity contribution < 1.29 is 19.4 Å². The van der Waals surface area contributed by atoms with Gasteiger partial charge in [-0.1, -0.05) is 6.07 Å². The number of hydrogen-bond donors (Lipinski definition) is 3. The Kier molecular flexibility index (Phi) is 5.94. The quantitative estimate of drug-likeness (QED) is 0.397. The minimum Gasteiger partial charge on any atom is -0.454 e. The topological polar surface area (TPSA) is 111 Å². The van der Waals surface area contributed by atoms with E-state index >= 15 is 0 Å². The van der Waals surface area contributed by atoms with Crippen LogP contribution in [0.4, 0.5) is 11.6 Å². The number of hydrogen-bond acceptors (Lipinski definition) is 7. The molecule has 2 aromatic carbocycles. The molecule has 3 aromatic rings. The van der Waals surface area contributed by atoms with Gasteiger partial charge in [-0.05, 0) is 77.9 Å². The SMILES string of the molecule is CC1=C(C(=O)Nc2ccc(I)cc2)C(c2ccc3c(c2)OCO3)n2nc(CCCO)nc2N1. The maximum Gasteiger partial charge on any atom is 0.255 e. The van der Waals surface area contributed by atoms with Crippen molar-refractivity contribution in [3.8, 4) is 11.5 Å². The summed E-state index contributed by atoms with van der Waals surface area (Å²) in [4.78, 5) is 18.1. The molecule has 33 heavy (non-hydrogen) atoms. The molecular formula is C23H22IN5O4. The van der Waals surface area contributed by atoms with Gasteiger partial charge in [0, 0.05) is 28.0 Å². The Morgan fingerprint density at radius 3 is 2.82 bits per heavy atom. The van der Waals surface area contributed by atoms with E-state index in [0.717, 1.165) is 9.13 Å². The average Bonchev–Trinajstić information content (AvgIpc) is 3.44. The van der Waals surface area contributed by atoms with Crippen LogP contribution >= 0.6 is 22.6 Å². The maximum atomic E-state index is 13.5. The molecule has 0 fully saturated rings. The summed E-state index contributed by atoms with van der Waals surface area (Å²) in [6, 6.07) is 12.7. The fraction of sp³-hybridized carbons (Fsp3) is 0.261. The number of aliphatic hydroxyl groups excluding tert-OH is 1. The zero-order chi connectivity index (χ0) is 22.9. The van der Waals surface area contributed by atoms with Gasteiger partial charge in [-0.2, -0.15) is 10.1 Å². The predicted molar refractivity (Wildman–Crippen MR) is 130 cm³/mol. The van der Waals surface area contributed by atoms with Gasteiger partial charge < -0.3 is 25.2 Å². The number of aromatic nitrogens is 3. The molecule has 9 nitrogen and oxygen atoms in total. The number of benzene rings is 2. The Morgan fingerprint density at radius 1 is 1.24 bits per heavy atom. The van der Waals surface area contributed by atoms with Crippen LogP contribution in [0.3, 0.4) is 0 Å². The van der Waals surface area contributed by atoms with E-state index in [1.54, 1.807) is 4.68 Å². The van der Waals surface area contributed by atoms with E-state index in [9.17, 15) is 9.90 Å². The molecule has 2 aliphatic heterocycles. The second-order valence-electron chi connectivity index (χ2n) is 7.76. The van der Waals surface area contributed by atoms with E-state index in [1.165, 1.54) is 0 Å². The summed E-state index contributed by atoms with van der Waals surface area (Å²) in [5.41, 5.74) is 2.75. The molecule has 1 atom stereocenters. The Morgan fingerprint density at radius 2 is 2.03 bits per heavy atom. The van der Waals surface area contributed by atoms with Crippen molar-refractivity contribution in [3.63, 3.8) is 0 Å². The van der Waals surface area contributed by atoms with Gasteiger partial charge in [0.15, 0.2) is 17.3 Å². The van der Waals surface area contributed by atoms with Crippen LogP contribution in [0.15, 0.2) is 53.7 Å². The lowest BCUT2D eigenvalue weighted by molar-refractivity contribution is -0.113. The van der Waals surface area contributed by atoms with Crippen molar-refractivity contribution in [1.29, 1.82) is 0 Å². The number of nitrogens with one attached hydrogen (secondary N) is 2. The molecular weight excluding hydrogens is 537 g/mol. The van der Waals surface area contributed by atoms with Crippen molar-refractivity contribution in [3.05, 3.63) is 68.7 Å². The van der Waals surface area contributed by atoms with Crippen LogP contribution in [0.2, 0.25) is 0 Å². The third kappa shape index (κ3) is 4.27. The number of fused-ring (bicyclic) bond motifs is 2. The molecule has 170 valence electrons. The van der Waals surface area contributed by atoms with Crippen LogP contribution < -0.4 is 20.1 Å². The van der Waals surface area contributed by atoms with E-state index < -0.39 is 6.04 Å². The largest absolute Gasteiger partial charge is 0.454 e. The van der Waals surface area contributed by atoms with Gasteiger partial charge in [-0.25, -0.2) is 4.68 Å². The first-order chi connectivity index (χ1) is 16.0. The number of allylic oxidation sites excluding steroid dienone is 1. The molecule has 2 aliphatic rings. The van der Waals surface area contributed by atoms with E-state index in [2.05, 4.69) is 43.3 Å². The molecule has 10 heteroatoms. The van der Waals surface area contributed by atoms with Crippen LogP contribution in [0.5, 0.6) is 11.5 Å². The Balaban J connectivity index is 1.56. The zero-order valence-electron chi connectivity index (χ0n) is 17.8. The van der Waals surface area contributed by atoms with Crippen LogP contribution in [0, 0.1) is 3.57 Å². The van der Waals surface area contributed by atoms with Gasteiger partial charge in [-0.3, -0.25) is 4.79 Å². The fourth-order valence-electron chi connectivity index (χ4n) is 3.96. The highest BCUT2D eigenvalue weighted by molar-refractivity contribution is 14.1. The minimum absolute atomic E-state index is 0.0594. The van der Waals surface area contributed by atoms with Gasteiger partial charge in [-0.15, -0.1) is 0 Å². The molecule has 1 aromatic heterocycles. The number of rotatable bonds is 6.